The number of methoxy groups -OCH3 is 1. The number of rotatable bonds is 7. The van der Waals surface area contributed by atoms with Gasteiger partial charge in [0.05, 0.1) is 19.9 Å². The maximum Gasteiger partial charge on any atom is 0.325 e. The molecule has 1 saturated heterocycles. The lowest BCUT2D eigenvalue weighted by molar-refractivity contribution is -0.135. The Balaban J connectivity index is 1.64. The molecule has 0 unspecified atom stereocenters. The van der Waals surface area contributed by atoms with Crippen LogP contribution in [0.5, 0.6) is 5.75 Å². The first kappa shape index (κ1) is 20.9. The zero-order valence-corrected chi connectivity index (χ0v) is 16.6. The van der Waals surface area contributed by atoms with Crippen LogP contribution in [-0.2, 0) is 21.7 Å². The van der Waals surface area contributed by atoms with E-state index in [-0.39, 0.29) is 13.0 Å². The third-order valence-corrected chi connectivity index (χ3v) is 4.85. The molecule has 1 aromatic heterocycles. The van der Waals surface area contributed by atoms with E-state index in [0.717, 1.165) is 4.90 Å². The van der Waals surface area contributed by atoms with Crippen molar-refractivity contribution in [2.24, 2.45) is 0 Å². The largest absolute Gasteiger partial charge is 0.497 e. The van der Waals surface area contributed by atoms with Gasteiger partial charge < -0.3 is 19.8 Å². The van der Waals surface area contributed by atoms with Gasteiger partial charge in [-0.2, -0.15) is 0 Å². The monoisotopic (exact) mass is 414 g/mol. The Morgan fingerprint density at radius 3 is 2.53 bits per heavy atom. The molecule has 1 fully saturated rings. The summed E-state index contributed by atoms with van der Waals surface area (Å²) in [4.78, 5) is 50.3. The third-order valence-electron chi connectivity index (χ3n) is 4.85. The molecule has 0 spiro atoms. The van der Waals surface area contributed by atoms with Crippen molar-refractivity contribution in [3.63, 3.8) is 0 Å². The van der Waals surface area contributed by atoms with Crippen molar-refractivity contribution in [3.05, 3.63) is 54.0 Å². The summed E-state index contributed by atoms with van der Waals surface area (Å²) in [5.41, 5.74) is -0.714. The number of amides is 6. The predicted molar refractivity (Wildman–Crippen MR) is 104 cm³/mol. The topological polar surface area (TPSA) is 130 Å². The molecule has 2 heterocycles. The normalized spacial score (nSPS) is 18.1. The van der Waals surface area contributed by atoms with Crippen molar-refractivity contribution in [1.82, 2.24) is 20.9 Å². The summed E-state index contributed by atoms with van der Waals surface area (Å²) in [6, 6.07) is 8.61. The van der Waals surface area contributed by atoms with Crippen LogP contribution in [0.2, 0.25) is 0 Å². The fraction of sp³-hybridized carbons (Fsp3) is 0.300. The van der Waals surface area contributed by atoms with E-state index < -0.39 is 36.0 Å². The SMILES string of the molecule is CC[C@@]1(c2ccc(OC)cc2)NC(=O)N(CC(=O)NC(=O)NCc2ccco2)C1=O. The summed E-state index contributed by atoms with van der Waals surface area (Å²) in [6.07, 6.45) is 1.74. The van der Waals surface area contributed by atoms with Crippen LogP contribution in [0, 0.1) is 0 Å². The molecular weight excluding hydrogens is 392 g/mol. The molecule has 1 atom stereocenters. The predicted octanol–water partition coefficient (Wildman–Crippen LogP) is 1.47. The van der Waals surface area contributed by atoms with E-state index in [9.17, 15) is 19.2 Å². The van der Waals surface area contributed by atoms with E-state index in [1.807, 2.05) is 0 Å². The fourth-order valence-electron chi connectivity index (χ4n) is 3.22. The number of hydrogen-bond donors (Lipinski definition) is 3. The second-order valence-corrected chi connectivity index (χ2v) is 6.62. The summed E-state index contributed by atoms with van der Waals surface area (Å²) in [7, 11) is 1.53. The molecule has 0 radical (unpaired) electrons. The Bertz CT molecular complexity index is 941. The van der Waals surface area contributed by atoms with Gasteiger partial charge in [-0.1, -0.05) is 19.1 Å². The first-order chi connectivity index (χ1) is 14.4. The molecule has 6 amide bonds. The van der Waals surface area contributed by atoms with Crippen LogP contribution in [0.15, 0.2) is 47.1 Å². The highest BCUT2D eigenvalue weighted by Crippen LogP contribution is 2.33. The van der Waals surface area contributed by atoms with Crippen molar-refractivity contribution < 1.29 is 28.3 Å². The van der Waals surface area contributed by atoms with E-state index in [1.165, 1.54) is 13.4 Å². The zero-order chi connectivity index (χ0) is 21.7. The molecule has 1 aliphatic rings. The average molecular weight is 414 g/mol. The molecule has 1 aromatic carbocycles. The first-order valence-corrected chi connectivity index (χ1v) is 9.28. The highest BCUT2D eigenvalue weighted by Gasteiger charge is 2.51. The summed E-state index contributed by atoms with van der Waals surface area (Å²) >= 11 is 0. The number of furan rings is 1. The standard InChI is InChI=1S/C20H22N4O6/c1-3-20(13-6-8-14(29-2)9-7-13)17(26)24(19(28)23-20)12-16(25)22-18(27)21-11-15-5-4-10-30-15/h4-10H,3,11-12H2,1-2H3,(H,23,28)(H2,21,22,25,27)/t20-/m0/s1. The van der Waals surface area contributed by atoms with Gasteiger partial charge in [-0.25, -0.2) is 9.59 Å². The Morgan fingerprint density at radius 1 is 1.20 bits per heavy atom. The van der Waals surface area contributed by atoms with Crippen molar-refractivity contribution in [2.45, 2.75) is 25.4 Å². The van der Waals surface area contributed by atoms with Gasteiger partial charge in [0, 0.05) is 0 Å². The molecule has 2 aromatic rings. The van der Waals surface area contributed by atoms with E-state index in [4.69, 9.17) is 9.15 Å². The molecule has 3 rings (SSSR count). The molecule has 3 N–H and O–H groups in total. The van der Waals surface area contributed by atoms with E-state index >= 15 is 0 Å². The average Bonchev–Trinajstić information content (AvgIpc) is 3.35. The highest BCUT2D eigenvalue weighted by atomic mass is 16.5. The second-order valence-electron chi connectivity index (χ2n) is 6.62. The first-order valence-electron chi connectivity index (χ1n) is 9.28. The van der Waals surface area contributed by atoms with Gasteiger partial charge in [-0.15, -0.1) is 0 Å². The van der Waals surface area contributed by atoms with Crippen molar-refractivity contribution in [3.8, 4) is 5.75 Å². The number of nitrogens with one attached hydrogen (secondary N) is 3. The number of urea groups is 2. The summed E-state index contributed by atoms with van der Waals surface area (Å²) in [6.45, 7) is 1.26. The van der Waals surface area contributed by atoms with Gasteiger partial charge in [-0.3, -0.25) is 19.8 Å². The maximum atomic E-state index is 13.0. The molecule has 158 valence electrons. The number of nitrogens with zero attached hydrogens (tertiary/aromatic N) is 1. The lowest BCUT2D eigenvalue weighted by atomic mass is 9.87. The zero-order valence-electron chi connectivity index (χ0n) is 16.6. The fourth-order valence-corrected chi connectivity index (χ4v) is 3.22. The Kier molecular flexibility index (Phi) is 6.05. The molecule has 1 aliphatic heterocycles. The lowest BCUT2D eigenvalue weighted by Crippen LogP contribution is -2.47. The number of carbonyl (C=O) groups is 4. The lowest BCUT2D eigenvalue weighted by Gasteiger charge is -2.25. The van der Waals surface area contributed by atoms with Crippen LogP contribution in [0.3, 0.4) is 0 Å². The van der Waals surface area contributed by atoms with Crippen LogP contribution in [0.1, 0.15) is 24.7 Å². The van der Waals surface area contributed by atoms with Crippen LogP contribution in [0.4, 0.5) is 9.59 Å². The summed E-state index contributed by atoms with van der Waals surface area (Å²) in [5.74, 6) is -0.235. The molecule has 0 saturated carbocycles. The minimum Gasteiger partial charge on any atom is -0.497 e. The Hall–Kier alpha value is -3.82. The number of carbonyl (C=O) groups excluding carboxylic acids is 4. The molecule has 30 heavy (non-hydrogen) atoms. The van der Waals surface area contributed by atoms with Gasteiger partial charge >= 0.3 is 12.1 Å². The van der Waals surface area contributed by atoms with Crippen LogP contribution in [0.25, 0.3) is 0 Å². The number of imide groups is 2. The van der Waals surface area contributed by atoms with E-state index in [2.05, 4.69) is 16.0 Å². The number of hydrogen-bond acceptors (Lipinski definition) is 6. The maximum absolute atomic E-state index is 13.0. The second kappa shape index (κ2) is 8.68. The van der Waals surface area contributed by atoms with Gasteiger partial charge in [0.25, 0.3) is 5.91 Å². The number of ether oxygens (including phenoxy) is 1. The van der Waals surface area contributed by atoms with Gasteiger partial charge in [0.1, 0.15) is 23.6 Å². The number of benzene rings is 1. The van der Waals surface area contributed by atoms with Gasteiger partial charge in [0.2, 0.25) is 5.91 Å². The minimum atomic E-state index is -1.29. The minimum absolute atomic E-state index is 0.0889. The smallest absolute Gasteiger partial charge is 0.325 e. The van der Waals surface area contributed by atoms with Crippen molar-refractivity contribution in [1.29, 1.82) is 0 Å². The van der Waals surface area contributed by atoms with Crippen LogP contribution >= 0.6 is 0 Å². The van der Waals surface area contributed by atoms with Gasteiger partial charge in [-0.05, 0) is 36.2 Å². The van der Waals surface area contributed by atoms with E-state index in [0.29, 0.717) is 17.1 Å². The van der Waals surface area contributed by atoms with Crippen LogP contribution in [-0.4, -0.2) is 42.4 Å². The van der Waals surface area contributed by atoms with E-state index in [1.54, 1.807) is 43.3 Å². The molecule has 0 bridgehead atoms. The summed E-state index contributed by atoms with van der Waals surface area (Å²) < 4.78 is 10.2. The highest BCUT2D eigenvalue weighted by molar-refractivity contribution is 6.10. The third kappa shape index (κ3) is 4.12. The van der Waals surface area contributed by atoms with Crippen LogP contribution < -0.4 is 20.7 Å². The molecular formula is C20H22N4O6. The Morgan fingerprint density at radius 2 is 1.93 bits per heavy atom. The van der Waals surface area contributed by atoms with Crippen molar-refractivity contribution >= 4 is 23.9 Å². The van der Waals surface area contributed by atoms with Crippen molar-refractivity contribution in [2.75, 3.05) is 13.7 Å². The van der Waals surface area contributed by atoms with Gasteiger partial charge in [0.15, 0.2) is 0 Å². The molecule has 10 heteroatoms. The summed E-state index contributed by atoms with van der Waals surface area (Å²) in [5, 5.41) is 7.21. The Labute approximate surface area is 172 Å². The molecule has 10 nitrogen and oxygen atoms in total. The molecule has 0 aliphatic carbocycles. The quantitative estimate of drug-likeness (QED) is 0.588.